The van der Waals surface area contributed by atoms with Crippen molar-refractivity contribution in [1.82, 2.24) is 25.1 Å². The van der Waals surface area contributed by atoms with Crippen molar-refractivity contribution in [1.29, 1.82) is 0 Å². The first kappa shape index (κ1) is 17.7. The Morgan fingerprint density at radius 2 is 1.83 bits per heavy atom. The second-order valence-electron chi connectivity index (χ2n) is 7.65. The largest absolute Gasteiger partial charge is 0.341 e. The Balaban J connectivity index is 1.63. The number of carbonyl (C=O) groups is 1. The molecule has 134 valence electrons. The average molecular weight is 352 g/mol. The molecule has 2 fully saturated rings. The molecular weight excluding hydrogens is 322 g/mol. The first-order chi connectivity index (χ1) is 11.5. The molecule has 7 heteroatoms. The maximum Gasteiger partial charge on any atom is 0.235 e. The molecule has 1 aliphatic carbocycles. The summed E-state index contributed by atoms with van der Waals surface area (Å²) in [7, 11) is 0. The minimum Gasteiger partial charge on any atom is -0.341 e. The monoisotopic (exact) mass is 351 g/mol. The molecule has 6 nitrogen and oxygen atoms in total. The highest BCUT2D eigenvalue weighted by Crippen LogP contribution is 2.32. The molecule has 2 aliphatic rings. The second-order valence-corrected chi connectivity index (χ2v) is 8.96. The van der Waals surface area contributed by atoms with Crippen molar-refractivity contribution in [3.63, 3.8) is 0 Å². The van der Waals surface area contributed by atoms with Gasteiger partial charge in [0.2, 0.25) is 11.1 Å². The summed E-state index contributed by atoms with van der Waals surface area (Å²) in [5.74, 6) is 1.39. The fraction of sp³-hybridized carbons (Fsp3) is 0.882. The number of hydrogen-bond donors (Lipinski definition) is 0. The molecule has 2 heterocycles. The average Bonchev–Trinajstić information content (AvgIpc) is 3.02. The summed E-state index contributed by atoms with van der Waals surface area (Å²) in [4.78, 5) is 14.9. The third kappa shape index (κ3) is 4.10. The maximum atomic E-state index is 12.8. The number of rotatable bonds is 4. The van der Waals surface area contributed by atoms with E-state index in [0.717, 1.165) is 31.1 Å². The van der Waals surface area contributed by atoms with Gasteiger partial charge in [0.15, 0.2) is 0 Å². The van der Waals surface area contributed by atoms with Crippen molar-refractivity contribution in [3.8, 4) is 0 Å². The molecule has 3 unspecified atom stereocenters. The highest BCUT2D eigenvalue weighted by molar-refractivity contribution is 8.00. The first-order valence-corrected chi connectivity index (χ1v) is 10.2. The Bertz CT molecular complexity index is 547. The molecule has 1 aromatic rings. The van der Waals surface area contributed by atoms with Gasteiger partial charge in [-0.1, -0.05) is 44.9 Å². The summed E-state index contributed by atoms with van der Waals surface area (Å²) < 4.78 is 1.95. The maximum absolute atomic E-state index is 12.8. The molecule has 1 amide bonds. The third-order valence-corrected chi connectivity index (χ3v) is 6.23. The Morgan fingerprint density at radius 3 is 2.50 bits per heavy atom. The Hall–Kier alpha value is -1.11. The number of piperidine rings is 1. The van der Waals surface area contributed by atoms with Crippen LogP contribution in [0.4, 0.5) is 0 Å². The Labute approximate surface area is 148 Å². The zero-order valence-corrected chi connectivity index (χ0v) is 15.8. The van der Waals surface area contributed by atoms with Crippen molar-refractivity contribution >= 4 is 17.7 Å². The van der Waals surface area contributed by atoms with Gasteiger partial charge in [-0.15, -0.1) is 5.10 Å². The number of nitrogens with zero attached hydrogens (tertiary/aromatic N) is 5. The lowest BCUT2D eigenvalue weighted by molar-refractivity contribution is -0.132. The zero-order chi connectivity index (χ0) is 17.1. The fourth-order valence-electron chi connectivity index (χ4n) is 4.13. The van der Waals surface area contributed by atoms with Gasteiger partial charge in [-0.05, 0) is 48.4 Å². The number of hydrogen-bond acceptors (Lipinski definition) is 5. The van der Waals surface area contributed by atoms with E-state index in [4.69, 9.17) is 0 Å². The van der Waals surface area contributed by atoms with Gasteiger partial charge in [-0.2, -0.15) is 0 Å². The van der Waals surface area contributed by atoms with E-state index in [1.807, 2.05) is 16.5 Å². The zero-order valence-electron chi connectivity index (χ0n) is 15.0. The van der Waals surface area contributed by atoms with E-state index in [1.54, 1.807) is 0 Å². The van der Waals surface area contributed by atoms with Gasteiger partial charge in [0.05, 0.1) is 11.3 Å². The molecule has 3 rings (SSSR count). The van der Waals surface area contributed by atoms with Crippen LogP contribution in [0.15, 0.2) is 5.16 Å². The Kier molecular flexibility index (Phi) is 5.79. The molecule has 0 bridgehead atoms. The second kappa shape index (κ2) is 7.85. The normalized spacial score (nSPS) is 27.2. The summed E-state index contributed by atoms with van der Waals surface area (Å²) in [6, 6.07) is 0.397. The smallest absolute Gasteiger partial charge is 0.235 e. The molecule has 0 radical (unpaired) electrons. The van der Waals surface area contributed by atoms with Crippen LogP contribution >= 0.6 is 11.8 Å². The van der Waals surface area contributed by atoms with Crippen LogP contribution < -0.4 is 0 Å². The van der Waals surface area contributed by atoms with E-state index in [9.17, 15) is 4.79 Å². The standard InChI is InChI=1S/C17H29N5OS/c1-12-9-13(2)11-21(10-12)16(23)14(3)24-17-18-19-20-22(17)15-7-5-4-6-8-15/h12-15H,4-11H2,1-3H3. The summed E-state index contributed by atoms with van der Waals surface area (Å²) in [5, 5.41) is 12.9. The van der Waals surface area contributed by atoms with Crippen LogP contribution in [-0.2, 0) is 4.79 Å². The molecule has 0 aromatic carbocycles. The van der Waals surface area contributed by atoms with Crippen molar-refractivity contribution in [2.75, 3.05) is 13.1 Å². The summed E-state index contributed by atoms with van der Waals surface area (Å²) in [5.41, 5.74) is 0. The quantitative estimate of drug-likeness (QED) is 0.780. The lowest BCUT2D eigenvalue weighted by Gasteiger charge is -2.36. The topological polar surface area (TPSA) is 63.9 Å². The summed E-state index contributed by atoms with van der Waals surface area (Å²) in [6.07, 6.45) is 7.29. The van der Waals surface area contributed by atoms with Crippen molar-refractivity contribution in [2.45, 2.75) is 75.7 Å². The van der Waals surface area contributed by atoms with Gasteiger partial charge in [0.25, 0.3) is 0 Å². The molecule has 0 spiro atoms. The molecule has 1 aromatic heterocycles. The lowest BCUT2D eigenvalue weighted by atomic mass is 9.92. The molecule has 1 saturated carbocycles. The van der Waals surface area contributed by atoms with Crippen LogP contribution in [0.5, 0.6) is 0 Å². The fourth-order valence-corrected chi connectivity index (χ4v) is 5.07. The van der Waals surface area contributed by atoms with Crippen LogP contribution in [0.3, 0.4) is 0 Å². The number of thioether (sulfide) groups is 1. The third-order valence-electron chi connectivity index (χ3n) is 5.19. The summed E-state index contributed by atoms with van der Waals surface area (Å²) >= 11 is 1.51. The highest BCUT2D eigenvalue weighted by Gasteiger charge is 2.30. The number of likely N-dealkylation sites (tertiary alicyclic amines) is 1. The minimum atomic E-state index is -0.143. The molecule has 3 atom stereocenters. The SMILES string of the molecule is CC1CC(C)CN(C(=O)C(C)Sc2nnnn2C2CCCCC2)C1. The van der Waals surface area contributed by atoms with Gasteiger partial charge in [0, 0.05) is 13.1 Å². The van der Waals surface area contributed by atoms with E-state index >= 15 is 0 Å². The van der Waals surface area contributed by atoms with Gasteiger partial charge < -0.3 is 4.90 Å². The van der Waals surface area contributed by atoms with Crippen molar-refractivity contribution in [3.05, 3.63) is 0 Å². The predicted octanol–water partition coefficient (Wildman–Crippen LogP) is 3.16. The van der Waals surface area contributed by atoms with Crippen LogP contribution in [0.1, 0.15) is 65.3 Å². The van der Waals surface area contributed by atoms with E-state index in [-0.39, 0.29) is 11.2 Å². The highest BCUT2D eigenvalue weighted by atomic mass is 32.2. The van der Waals surface area contributed by atoms with E-state index in [0.29, 0.717) is 17.9 Å². The molecule has 24 heavy (non-hydrogen) atoms. The predicted molar refractivity (Wildman–Crippen MR) is 94.8 cm³/mol. The van der Waals surface area contributed by atoms with Crippen LogP contribution in [0.25, 0.3) is 0 Å². The number of tetrazole rings is 1. The van der Waals surface area contributed by atoms with Crippen LogP contribution in [-0.4, -0.2) is 49.4 Å². The van der Waals surface area contributed by atoms with Crippen molar-refractivity contribution in [2.24, 2.45) is 11.8 Å². The lowest BCUT2D eigenvalue weighted by Crippen LogP contribution is -2.45. The number of carbonyl (C=O) groups excluding carboxylic acids is 1. The number of amides is 1. The number of aromatic nitrogens is 4. The molecule has 0 N–H and O–H groups in total. The van der Waals surface area contributed by atoms with E-state index in [1.165, 1.54) is 37.4 Å². The van der Waals surface area contributed by atoms with Crippen LogP contribution in [0, 0.1) is 11.8 Å². The minimum absolute atomic E-state index is 0.143. The van der Waals surface area contributed by atoms with E-state index in [2.05, 4.69) is 29.4 Å². The molecule has 1 aliphatic heterocycles. The van der Waals surface area contributed by atoms with Crippen LogP contribution in [0.2, 0.25) is 0 Å². The summed E-state index contributed by atoms with van der Waals surface area (Å²) in [6.45, 7) is 8.20. The molecule has 1 saturated heterocycles. The van der Waals surface area contributed by atoms with Gasteiger partial charge >= 0.3 is 0 Å². The van der Waals surface area contributed by atoms with Gasteiger partial charge in [0.1, 0.15) is 0 Å². The van der Waals surface area contributed by atoms with Gasteiger partial charge in [-0.25, -0.2) is 4.68 Å². The Morgan fingerprint density at radius 1 is 1.17 bits per heavy atom. The molecular formula is C17H29N5OS. The first-order valence-electron chi connectivity index (χ1n) is 9.28. The van der Waals surface area contributed by atoms with E-state index < -0.39 is 0 Å². The van der Waals surface area contributed by atoms with Gasteiger partial charge in [-0.3, -0.25) is 4.79 Å². The van der Waals surface area contributed by atoms with Crippen molar-refractivity contribution < 1.29 is 4.79 Å².